The third-order valence-electron chi connectivity index (χ3n) is 5.29. The number of carbonyl (C=O) groups is 3. The summed E-state index contributed by atoms with van der Waals surface area (Å²) in [6.07, 6.45) is 0.403. The second kappa shape index (κ2) is 11.5. The van der Waals surface area contributed by atoms with Crippen LogP contribution in [0, 0.1) is 0 Å². The van der Waals surface area contributed by atoms with Crippen LogP contribution in [0.15, 0.2) is 53.7 Å². The molecule has 0 saturated carbocycles. The average molecular weight is 519 g/mol. The third-order valence-corrected chi connectivity index (χ3v) is 5.92. The maximum absolute atomic E-state index is 13.0. The molecule has 0 aliphatic carbocycles. The standard InChI is InChI=1S/C25H28Cl2N4O4/c1-5-12-31-15(4)20(23(32)35-14(2)3)21(30-25(31)34)16-8-6-9-17(13-16)28-24(33)29-22-18(26)10-7-11-19(22)27/h6-11,13-14,21H,5,12H2,1-4H3,(H,30,34)(H2,28,29,33). The van der Waals surface area contributed by atoms with Crippen molar-refractivity contribution in [3.05, 3.63) is 69.3 Å². The molecule has 0 fully saturated rings. The molecule has 186 valence electrons. The molecule has 35 heavy (non-hydrogen) atoms. The molecule has 2 aromatic carbocycles. The van der Waals surface area contributed by atoms with E-state index in [1.165, 1.54) is 4.90 Å². The van der Waals surface area contributed by atoms with E-state index in [9.17, 15) is 14.4 Å². The number of hydrogen-bond donors (Lipinski definition) is 3. The lowest BCUT2D eigenvalue weighted by molar-refractivity contribution is -0.143. The van der Waals surface area contributed by atoms with E-state index in [1.54, 1.807) is 63.2 Å². The molecular weight excluding hydrogens is 491 g/mol. The Kier molecular flexibility index (Phi) is 8.64. The van der Waals surface area contributed by atoms with Crippen molar-refractivity contribution in [2.24, 2.45) is 0 Å². The first-order chi connectivity index (χ1) is 16.6. The molecule has 2 aromatic rings. The second-order valence-electron chi connectivity index (χ2n) is 8.29. The van der Waals surface area contributed by atoms with Crippen LogP contribution in [0.25, 0.3) is 0 Å². The highest BCUT2D eigenvalue weighted by atomic mass is 35.5. The lowest BCUT2D eigenvalue weighted by atomic mass is 9.94. The fraction of sp³-hybridized carbons (Fsp3) is 0.320. The predicted molar refractivity (Wildman–Crippen MR) is 138 cm³/mol. The van der Waals surface area contributed by atoms with Gasteiger partial charge in [0.2, 0.25) is 0 Å². The Morgan fingerprint density at radius 2 is 1.77 bits per heavy atom. The normalized spacial score (nSPS) is 15.7. The van der Waals surface area contributed by atoms with Crippen LogP contribution in [-0.4, -0.2) is 35.6 Å². The van der Waals surface area contributed by atoms with E-state index in [4.69, 9.17) is 27.9 Å². The van der Waals surface area contributed by atoms with Gasteiger partial charge in [-0.05, 0) is 57.0 Å². The van der Waals surface area contributed by atoms with Crippen molar-refractivity contribution in [1.29, 1.82) is 0 Å². The molecule has 1 atom stereocenters. The quantitative estimate of drug-likeness (QED) is 0.372. The number of nitrogens with one attached hydrogen (secondary N) is 3. The first-order valence-corrected chi connectivity index (χ1v) is 12.0. The first-order valence-electron chi connectivity index (χ1n) is 11.2. The van der Waals surface area contributed by atoms with Crippen molar-refractivity contribution in [2.45, 2.75) is 46.3 Å². The van der Waals surface area contributed by atoms with Crippen LogP contribution in [0.2, 0.25) is 10.0 Å². The maximum Gasteiger partial charge on any atom is 0.338 e. The molecule has 0 aromatic heterocycles. The van der Waals surface area contributed by atoms with Gasteiger partial charge in [-0.2, -0.15) is 0 Å². The summed E-state index contributed by atoms with van der Waals surface area (Å²) in [6, 6.07) is 10.2. The van der Waals surface area contributed by atoms with Crippen molar-refractivity contribution in [3.63, 3.8) is 0 Å². The number of anilines is 2. The number of allylic oxidation sites excluding steroid dienone is 1. The highest BCUT2D eigenvalue weighted by Gasteiger charge is 2.36. The number of halogens is 2. The number of hydrogen-bond acceptors (Lipinski definition) is 4. The van der Waals surface area contributed by atoms with E-state index in [1.807, 2.05) is 6.92 Å². The number of para-hydroxylation sites is 1. The molecule has 3 N–H and O–H groups in total. The highest BCUT2D eigenvalue weighted by molar-refractivity contribution is 6.39. The molecule has 3 rings (SSSR count). The number of benzene rings is 2. The van der Waals surface area contributed by atoms with Gasteiger partial charge in [0, 0.05) is 17.9 Å². The van der Waals surface area contributed by atoms with E-state index in [2.05, 4.69) is 16.0 Å². The average Bonchev–Trinajstić information content (AvgIpc) is 2.78. The lowest BCUT2D eigenvalue weighted by Gasteiger charge is -2.35. The van der Waals surface area contributed by atoms with Crippen molar-refractivity contribution >= 4 is 52.6 Å². The Hall–Kier alpha value is -3.23. The number of nitrogens with zero attached hydrogens (tertiary/aromatic N) is 1. The molecule has 8 nitrogen and oxygen atoms in total. The summed E-state index contributed by atoms with van der Waals surface area (Å²) in [5, 5.41) is 8.87. The monoisotopic (exact) mass is 518 g/mol. The minimum Gasteiger partial charge on any atom is -0.459 e. The molecule has 10 heteroatoms. The Morgan fingerprint density at radius 3 is 2.40 bits per heavy atom. The molecule has 1 aliphatic rings. The van der Waals surface area contributed by atoms with E-state index in [-0.39, 0.29) is 17.8 Å². The molecule has 0 bridgehead atoms. The van der Waals surface area contributed by atoms with E-state index >= 15 is 0 Å². The van der Waals surface area contributed by atoms with Gasteiger partial charge < -0.3 is 20.7 Å². The Labute approximate surface area is 214 Å². The minimum absolute atomic E-state index is 0.289. The van der Waals surface area contributed by atoms with Gasteiger partial charge >= 0.3 is 18.0 Å². The number of carbonyl (C=O) groups excluding carboxylic acids is 3. The van der Waals surface area contributed by atoms with Crippen molar-refractivity contribution < 1.29 is 19.1 Å². The van der Waals surface area contributed by atoms with Crippen LogP contribution in [0.3, 0.4) is 0 Å². The molecule has 1 heterocycles. The maximum atomic E-state index is 13.0. The molecule has 1 unspecified atom stereocenters. The molecule has 0 spiro atoms. The molecular formula is C25H28Cl2N4O4. The van der Waals surface area contributed by atoms with Crippen LogP contribution >= 0.6 is 23.2 Å². The Morgan fingerprint density at radius 1 is 1.11 bits per heavy atom. The summed E-state index contributed by atoms with van der Waals surface area (Å²) in [4.78, 5) is 40.0. The van der Waals surface area contributed by atoms with E-state index < -0.39 is 18.0 Å². The van der Waals surface area contributed by atoms with Crippen molar-refractivity contribution in [2.75, 3.05) is 17.2 Å². The summed E-state index contributed by atoms with van der Waals surface area (Å²) >= 11 is 12.3. The van der Waals surface area contributed by atoms with Crippen LogP contribution in [0.4, 0.5) is 21.0 Å². The fourth-order valence-corrected chi connectivity index (χ4v) is 4.25. The number of amides is 4. The van der Waals surface area contributed by atoms with Crippen LogP contribution in [0.5, 0.6) is 0 Å². The Bertz CT molecular complexity index is 1150. The summed E-state index contributed by atoms with van der Waals surface area (Å²) in [7, 11) is 0. The third kappa shape index (κ3) is 6.26. The van der Waals surface area contributed by atoms with Gasteiger partial charge in [0.1, 0.15) is 0 Å². The van der Waals surface area contributed by atoms with Gasteiger partial charge in [0.25, 0.3) is 0 Å². The van der Waals surface area contributed by atoms with Crippen LogP contribution < -0.4 is 16.0 Å². The minimum atomic E-state index is -0.746. The molecule has 0 radical (unpaired) electrons. The molecule has 0 saturated heterocycles. The largest absolute Gasteiger partial charge is 0.459 e. The SMILES string of the molecule is CCCN1C(=O)NC(c2cccc(NC(=O)Nc3c(Cl)cccc3Cl)c2)C(C(=O)OC(C)C)=C1C. The summed E-state index contributed by atoms with van der Waals surface area (Å²) in [6.45, 7) is 7.69. The zero-order chi connectivity index (χ0) is 25.7. The van der Waals surface area contributed by atoms with Gasteiger partial charge in [-0.15, -0.1) is 0 Å². The molecule has 4 amide bonds. The number of ether oxygens (including phenoxy) is 1. The van der Waals surface area contributed by atoms with E-state index in [0.29, 0.717) is 39.1 Å². The van der Waals surface area contributed by atoms with Gasteiger partial charge in [-0.1, -0.05) is 48.3 Å². The topological polar surface area (TPSA) is 99.8 Å². The van der Waals surface area contributed by atoms with Gasteiger partial charge in [0.15, 0.2) is 0 Å². The number of urea groups is 2. The molecule has 1 aliphatic heterocycles. The second-order valence-corrected chi connectivity index (χ2v) is 9.10. The van der Waals surface area contributed by atoms with Crippen molar-refractivity contribution in [3.8, 4) is 0 Å². The summed E-state index contributed by atoms with van der Waals surface area (Å²) < 4.78 is 5.48. The van der Waals surface area contributed by atoms with Crippen molar-refractivity contribution in [1.82, 2.24) is 10.2 Å². The summed E-state index contributed by atoms with van der Waals surface area (Å²) in [5.74, 6) is -0.506. The Balaban J connectivity index is 1.90. The lowest BCUT2D eigenvalue weighted by Crippen LogP contribution is -2.48. The number of rotatable bonds is 7. The van der Waals surface area contributed by atoms with Gasteiger partial charge in [-0.25, -0.2) is 14.4 Å². The predicted octanol–water partition coefficient (Wildman–Crippen LogP) is 6.34. The van der Waals surface area contributed by atoms with Gasteiger partial charge in [0.05, 0.1) is 33.5 Å². The van der Waals surface area contributed by atoms with Crippen LogP contribution in [0.1, 0.15) is 45.7 Å². The smallest absolute Gasteiger partial charge is 0.338 e. The van der Waals surface area contributed by atoms with Gasteiger partial charge in [-0.3, -0.25) is 4.90 Å². The zero-order valence-corrected chi connectivity index (χ0v) is 21.5. The fourth-order valence-electron chi connectivity index (χ4n) is 3.76. The van der Waals surface area contributed by atoms with E-state index in [0.717, 1.165) is 6.42 Å². The first kappa shape index (κ1) is 26.4. The highest BCUT2D eigenvalue weighted by Crippen LogP contribution is 2.33. The van der Waals surface area contributed by atoms with Crippen LogP contribution in [-0.2, 0) is 9.53 Å². The zero-order valence-electron chi connectivity index (χ0n) is 19.9. The summed E-state index contributed by atoms with van der Waals surface area (Å²) in [5.41, 5.74) is 2.23. The number of esters is 1.